The van der Waals surface area contributed by atoms with Crippen molar-refractivity contribution in [1.29, 1.82) is 0 Å². The van der Waals surface area contributed by atoms with Gasteiger partial charge in [0.05, 0.1) is 19.3 Å². The molecule has 0 spiro atoms. The number of ether oxygens (including phenoxy) is 1. The first-order valence-electron chi connectivity index (χ1n) is 5.79. The number of rotatable bonds is 3. The number of aromatic amines is 1. The van der Waals surface area contributed by atoms with E-state index in [9.17, 15) is 14.4 Å². The van der Waals surface area contributed by atoms with Gasteiger partial charge in [0.2, 0.25) is 0 Å². The minimum atomic E-state index is -1.36. The van der Waals surface area contributed by atoms with Crippen LogP contribution in [0.1, 0.15) is 6.23 Å². The number of aromatic nitrogens is 4. The monoisotopic (exact) mass is 286 g/mol. The number of hydrogen-bond donors (Lipinski definition) is 3. The van der Waals surface area contributed by atoms with E-state index < -0.39 is 36.7 Å². The largest absolute Gasteiger partial charge is 0.394 e. The van der Waals surface area contributed by atoms with Crippen LogP contribution in [-0.4, -0.2) is 54.7 Å². The molecule has 108 valence electrons. The van der Waals surface area contributed by atoms with Gasteiger partial charge in [-0.3, -0.25) is 9.36 Å². The van der Waals surface area contributed by atoms with E-state index in [2.05, 4.69) is 19.9 Å². The smallest absolute Gasteiger partial charge is 0.278 e. The lowest BCUT2D eigenvalue weighted by molar-refractivity contribution is -0.220. The summed E-state index contributed by atoms with van der Waals surface area (Å²) in [6.07, 6.45) is -2.40. The van der Waals surface area contributed by atoms with E-state index in [0.717, 1.165) is 0 Å². The van der Waals surface area contributed by atoms with Crippen LogP contribution in [0.4, 0.5) is 4.53 Å². The molecule has 2 aromatic rings. The molecule has 2 unspecified atom stereocenters. The van der Waals surface area contributed by atoms with E-state index in [-0.39, 0.29) is 11.2 Å². The first-order chi connectivity index (χ1) is 9.67. The van der Waals surface area contributed by atoms with Crippen molar-refractivity contribution in [3.05, 3.63) is 23.0 Å². The van der Waals surface area contributed by atoms with Gasteiger partial charge in [-0.25, -0.2) is 9.97 Å². The topological polar surface area (TPSA) is 122 Å². The van der Waals surface area contributed by atoms with Crippen molar-refractivity contribution in [2.24, 2.45) is 0 Å². The number of nitrogens with one attached hydrogen (secondary N) is 1. The van der Waals surface area contributed by atoms with E-state index in [0.29, 0.717) is 0 Å². The Bertz CT molecular complexity index is 673. The van der Waals surface area contributed by atoms with Crippen molar-refractivity contribution in [3.8, 4) is 0 Å². The van der Waals surface area contributed by atoms with Crippen LogP contribution in [0.15, 0.2) is 17.4 Å². The second-order valence-corrected chi connectivity index (χ2v) is 4.35. The van der Waals surface area contributed by atoms with Crippen molar-refractivity contribution in [2.75, 3.05) is 6.61 Å². The molecule has 0 saturated carbocycles. The van der Waals surface area contributed by atoms with Gasteiger partial charge in [-0.2, -0.15) is 4.94 Å². The standard InChI is InChI=1S/C10H11FN4O5/c11-20-7-6(17)4(1-16)19-10(7)15-3-14-5-8(15)12-2-13-9(5)18/h2-4,6-7,10,16-17H,1H2,(H,12,13,18)/t4-,6?,7?,10-/m1/s1. The summed E-state index contributed by atoms with van der Waals surface area (Å²) >= 11 is 0. The quantitative estimate of drug-likeness (QED) is 0.636. The Hall–Kier alpha value is -1.88. The van der Waals surface area contributed by atoms with E-state index in [1.165, 1.54) is 17.2 Å². The molecule has 9 nitrogen and oxygen atoms in total. The van der Waals surface area contributed by atoms with E-state index in [4.69, 9.17) is 9.84 Å². The minimum Gasteiger partial charge on any atom is -0.394 e. The fraction of sp³-hybridized carbons (Fsp3) is 0.500. The molecule has 0 bridgehead atoms. The zero-order valence-electron chi connectivity index (χ0n) is 10.0. The molecule has 0 aromatic carbocycles. The highest BCUT2D eigenvalue weighted by atomic mass is 19.3. The van der Waals surface area contributed by atoms with Crippen LogP contribution >= 0.6 is 0 Å². The Morgan fingerprint density at radius 3 is 3.05 bits per heavy atom. The van der Waals surface area contributed by atoms with E-state index in [1.807, 2.05) is 0 Å². The summed E-state index contributed by atoms with van der Waals surface area (Å²) in [6.45, 7) is -0.502. The second kappa shape index (κ2) is 4.90. The number of halogens is 1. The fourth-order valence-electron chi connectivity index (χ4n) is 2.24. The Balaban J connectivity index is 2.06. The molecule has 20 heavy (non-hydrogen) atoms. The summed E-state index contributed by atoms with van der Waals surface area (Å²) in [5.41, 5.74) is -0.244. The first-order valence-corrected chi connectivity index (χ1v) is 5.79. The zero-order valence-corrected chi connectivity index (χ0v) is 10.0. The number of aliphatic hydroxyl groups is 2. The summed E-state index contributed by atoms with van der Waals surface area (Å²) in [6, 6.07) is 0. The highest BCUT2D eigenvalue weighted by Crippen LogP contribution is 2.33. The van der Waals surface area contributed by atoms with Gasteiger partial charge in [-0.15, -0.1) is 0 Å². The molecule has 10 heteroatoms. The van der Waals surface area contributed by atoms with Crippen LogP contribution in [0, 0.1) is 0 Å². The van der Waals surface area contributed by atoms with Crippen LogP contribution in [-0.2, 0) is 9.68 Å². The van der Waals surface area contributed by atoms with Gasteiger partial charge < -0.3 is 19.9 Å². The van der Waals surface area contributed by atoms with Crippen LogP contribution < -0.4 is 5.56 Å². The van der Waals surface area contributed by atoms with Crippen molar-refractivity contribution in [2.45, 2.75) is 24.5 Å². The Morgan fingerprint density at radius 1 is 1.55 bits per heavy atom. The van der Waals surface area contributed by atoms with Gasteiger partial charge in [-0.1, -0.05) is 0 Å². The molecule has 0 aliphatic carbocycles. The third-order valence-electron chi connectivity index (χ3n) is 3.23. The predicted octanol–water partition coefficient (Wildman–Crippen LogP) is -1.36. The van der Waals surface area contributed by atoms with E-state index in [1.54, 1.807) is 0 Å². The molecule has 2 aromatic heterocycles. The lowest BCUT2D eigenvalue weighted by atomic mass is 10.1. The van der Waals surface area contributed by atoms with Gasteiger partial charge in [0.25, 0.3) is 5.56 Å². The van der Waals surface area contributed by atoms with Crippen molar-refractivity contribution < 1.29 is 24.4 Å². The number of hydrogen-bond acceptors (Lipinski definition) is 7. The zero-order chi connectivity index (χ0) is 14.3. The maximum absolute atomic E-state index is 12.6. The molecule has 4 atom stereocenters. The molecule has 1 aliphatic heterocycles. The molecule has 0 radical (unpaired) electrons. The molecule has 3 N–H and O–H groups in total. The van der Waals surface area contributed by atoms with Crippen molar-refractivity contribution in [3.63, 3.8) is 0 Å². The number of H-pyrrole nitrogens is 1. The Morgan fingerprint density at radius 2 is 2.35 bits per heavy atom. The lowest BCUT2D eigenvalue weighted by Gasteiger charge is -2.17. The van der Waals surface area contributed by atoms with Gasteiger partial charge in [0, 0.05) is 0 Å². The predicted molar refractivity (Wildman–Crippen MR) is 61.1 cm³/mol. The third kappa shape index (κ3) is 1.81. The van der Waals surface area contributed by atoms with Gasteiger partial charge in [0.15, 0.2) is 23.5 Å². The molecule has 1 aliphatic rings. The number of nitrogens with zero attached hydrogens (tertiary/aromatic N) is 3. The van der Waals surface area contributed by atoms with Crippen molar-refractivity contribution in [1.82, 2.24) is 19.5 Å². The summed E-state index contributed by atoms with van der Waals surface area (Å²) in [4.78, 5) is 25.4. The molecule has 1 fully saturated rings. The molecular weight excluding hydrogens is 275 g/mol. The van der Waals surface area contributed by atoms with Gasteiger partial charge >= 0.3 is 0 Å². The minimum absolute atomic E-state index is 0.0515. The molecule has 1 saturated heterocycles. The Labute approximate surface area is 110 Å². The Kier molecular flexibility index (Phi) is 3.22. The summed E-state index contributed by atoms with van der Waals surface area (Å²) in [5.74, 6) is 0. The normalized spacial score (nSPS) is 30.1. The third-order valence-corrected chi connectivity index (χ3v) is 3.23. The first kappa shape index (κ1) is 13.1. The van der Waals surface area contributed by atoms with E-state index >= 15 is 0 Å². The summed E-state index contributed by atoms with van der Waals surface area (Å²) in [7, 11) is 0. The van der Waals surface area contributed by atoms with Crippen molar-refractivity contribution >= 4 is 11.2 Å². The molecule has 0 amide bonds. The summed E-state index contributed by atoms with van der Waals surface area (Å²) in [5, 5.41) is 18.8. The lowest BCUT2D eigenvalue weighted by Crippen LogP contribution is -2.33. The number of aliphatic hydroxyl groups excluding tert-OH is 2. The molecule has 3 rings (SSSR count). The summed E-state index contributed by atoms with van der Waals surface area (Å²) < 4.78 is 19.2. The van der Waals surface area contributed by atoms with Gasteiger partial charge in [-0.05, 0) is 4.53 Å². The average Bonchev–Trinajstić information content (AvgIpc) is 3.00. The average molecular weight is 286 g/mol. The SMILES string of the molecule is O=c1[nH]cnc2c1ncn2[C@@H]1O[C@H](CO)C(O)C1OF. The van der Waals surface area contributed by atoms with Crippen LogP contribution in [0.5, 0.6) is 0 Å². The number of fused-ring (bicyclic) bond motifs is 1. The fourth-order valence-corrected chi connectivity index (χ4v) is 2.24. The maximum atomic E-state index is 12.6. The van der Waals surface area contributed by atoms with Crippen LogP contribution in [0.2, 0.25) is 0 Å². The van der Waals surface area contributed by atoms with Gasteiger partial charge in [0.1, 0.15) is 12.2 Å². The van der Waals surface area contributed by atoms with Crippen LogP contribution in [0.25, 0.3) is 11.2 Å². The maximum Gasteiger partial charge on any atom is 0.278 e. The van der Waals surface area contributed by atoms with Crippen LogP contribution in [0.3, 0.4) is 0 Å². The molecular formula is C10H11FN4O5. The highest BCUT2D eigenvalue weighted by molar-refractivity contribution is 5.68. The molecule has 3 heterocycles. The highest BCUT2D eigenvalue weighted by Gasteiger charge is 2.46. The second-order valence-electron chi connectivity index (χ2n) is 4.35. The number of imidazole rings is 1.